The first-order valence-corrected chi connectivity index (χ1v) is 5.71. The van der Waals surface area contributed by atoms with E-state index in [-0.39, 0.29) is 0 Å². The summed E-state index contributed by atoms with van der Waals surface area (Å²) >= 11 is 5.56. The largest absolute Gasteiger partial charge is 0.493 e. The van der Waals surface area contributed by atoms with Crippen LogP contribution in [0.2, 0.25) is 0 Å². The summed E-state index contributed by atoms with van der Waals surface area (Å²) in [4.78, 5) is 0. The summed E-state index contributed by atoms with van der Waals surface area (Å²) < 4.78 is 5.58. The lowest BCUT2D eigenvalue weighted by Gasteiger charge is -2.08. The molecule has 0 aliphatic carbocycles. The van der Waals surface area contributed by atoms with Gasteiger partial charge in [0.05, 0.1) is 6.61 Å². The van der Waals surface area contributed by atoms with Gasteiger partial charge in [0.1, 0.15) is 5.75 Å². The maximum Gasteiger partial charge on any atom is 0.119 e. The molecular weight excluding hydrogens is 208 g/mol. The number of halogens is 1. The molecule has 0 fully saturated rings. The number of alkyl halides is 1. The maximum atomic E-state index is 5.58. The molecule has 0 radical (unpaired) electrons. The number of hydrogen-bond donors (Lipinski definition) is 0. The molecule has 15 heavy (non-hydrogen) atoms. The molecule has 0 aromatic heterocycles. The normalized spacial score (nSPS) is 11.2. The molecule has 0 N–H and O–H groups in total. The van der Waals surface area contributed by atoms with Gasteiger partial charge in [-0.25, -0.2) is 0 Å². The number of rotatable bonds is 5. The molecule has 0 atom stereocenters. The van der Waals surface area contributed by atoms with Crippen LogP contribution in [0, 0.1) is 5.92 Å². The molecule has 0 bridgehead atoms. The first kappa shape index (κ1) is 12.1. The fourth-order valence-electron chi connectivity index (χ4n) is 1.12. The quantitative estimate of drug-likeness (QED) is 0.688. The highest BCUT2D eigenvalue weighted by Gasteiger charge is 1.96. The van der Waals surface area contributed by atoms with E-state index in [1.165, 1.54) is 0 Å². The molecule has 1 aromatic rings. The van der Waals surface area contributed by atoms with E-state index in [4.69, 9.17) is 16.3 Å². The Bertz CT molecular complexity index is 301. The highest BCUT2D eigenvalue weighted by molar-refractivity contribution is 6.19. The van der Waals surface area contributed by atoms with E-state index >= 15 is 0 Å². The zero-order valence-corrected chi connectivity index (χ0v) is 10.00. The third kappa shape index (κ3) is 4.89. The van der Waals surface area contributed by atoms with Crippen LogP contribution >= 0.6 is 11.6 Å². The summed E-state index contributed by atoms with van der Waals surface area (Å²) in [6.07, 6.45) is 3.92. The molecule has 0 saturated carbocycles. The van der Waals surface area contributed by atoms with Gasteiger partial charge in [-0.05, 0) is 23.6 Å². The Balaban J connectivity index is 2.52. The van der Waals surface area contributed by atoms with Crippen LogP contribution in [0.15, 0.2) is 30.3 Å². The zero-order chi connectivity index (χ0) is 11.1. The molecule has 1 rings (SSSR count). The van der Waals surface area contributed by atoms with Gasteiger partial charge >= 0.3 is 0 Å². The van der Waals surface area contributed by atoms with Gasteiger partial charge in [0.25, 0.3) is 0 Å². The fraction of sp³-hybridized carbons (Fsp3) is 0.385. The first-order chi connectivity index (χ1) is 7.22. The molecule has 1 nitrogen and oxygen atoms in total. The van der Waals surface area contributed by atoms with Crippen molar-refractivity contribution in [1.29, 1.82) is 0 Å². The minimum absolute atomic E-state index is 0.547. The van der Waals surface area contributed by atoms with Crippen LogP contribution in [0.3, 0.4) is 0 Å². The monoisotopic (exact) mass is 224 g/mol. The molecule has 0 saturated heterocycles. The first-order valence-electron chi connectivity index (χ1n) is 5.17. The second-order valence-electron chi connectivity index (χ2n) is 3.83. The van der Waals surface area contributed by atoms with Crippen molar-refractivity contribution in [3.63, 3.8) is 0 Å². The van der Waals surface area contributed by atoms with Gasteiger partial charge in [-0.1, -0.05) is 38.1 Å². The Labute approximate surface area is 96.7 Å². The van der Waals surface area contributed by atoms with Crippen LogP contribution in [0.1, 0.15) is 19.4 Å². The molecule has 0 unspecified atom stereocenters. The van der Waals surface area contributed by atoms with Gasteiger partial charge < -0.3 is 4.74 Å². The number of ether oxygens (including phenoxy) is 1. The van der Waals surface area contributed by atoms with Gasteiger partial charge in [-0.3, -0.25) is 0 Å². The maximum absolute atomic E-state index is 5.58. The van der Waals surface area contributed by atoms with E-state index in [0.29, 0.717) is 11.8 Å². The molecule has 0 aliphatic heterocycles. The molecule has 1 aromatic carbocycles. The van der Waals surface area contributed by atoms with Crippen LogP contribution in [0.5, 0.6) is 5.75 Å². The van der Waals surface area contributed by atoms with Crippen molar-refractivity contribution < 1.29 is 4.74 Å². The summed E-state index contributed by atoms with van der Waals surface area (Å²) in [6, 6.07) is 8.02. The Kier molecular flexibility index (Phi) is 5.27. The van der Waals surface area contributed by atoms with Gasteiger partial charge in [-0.2, -0.15) is 0 Å². The molecule has 0 amide bonds. The lowest BCUT2D eigenvalue weighted by molar-refractivity contribution is 0.271. The number of allylic oxidation sites excluding steroid dienone is 1. The summed E-state index contributed by atoms with van der Waals surface area (Å²) in [5.41, 5.74) is 1.15. The minimum Gasteiger partial charge on any atom is -0.493 e. The highest BCUT2D eigenvalue weighted by atomic mass is 35.5. The van der Waals surface area contributed by atoms with Crippen LogP contribution in [-0.4, -0.2) is 12.5 Å². The standard InChI is InChI=1S/C13H17ClO/c1-11(2)10-15-13-7-5-12(6-8-13)4-3-9-14/h3-8,11H,9-10H2,1-2H3/b4-3+. The van der Waals surface area contributed by atoms with Crippen LogP contribution in [0.4, 0.5) is 0 Å². The Hall–Kier alpha value is -0.950. The lowest BCUT2D eigenvalue weighted by atomic mass is 10.2. The molecular formula is C13H17ClO. The van der Waals surface area contributed by atoms with Gasteiger partial charge in [0, 0.05) is 5.88 Å². The van der Waals surface area contributed by atoms with Crippen LogP contribution < -0.4 is 4.74 Å². The van der Waals surface area contributed by atoms with Crippen molar-refractivity contribution in [1.82, 2.24) is 0 Å². The van der Waals surface area contributed by atoms with E-state index in [9.17, 15) is 0 Å². The Morgan fingerprint density at radius 3 is 2.47 bits per heavy atom. The molecule has 0 aliphatic rings. The SMILES string of the molecule is CC(C)COc1ccc(/C=C/CCl)cc1. The zero-order valence-electron chi connectivity index (χ0n) is 9.24. The molecule has 0 heterocycles. The minimum atomic E-state index is 0.547. The van der Waals surface area contributed by atoms with E-state index in [0.717, 1.165) is 17.9 Å². The third-order valence-electron chi connectivity index (χ3n) is 1.86. The van der Waals surface area contributed by atoms with Gasteiger partial charge in [0.2, 0.25) is 0 Å². The van der Waals surface area contributed by atoms with Crippen molar-refractivity contribution in [2.45, 2.75) is 13.8 Å². The predicted octanol–water partition coefficient (Wildman–Crippen LogP) is 3.97. The van der Waals surface area contributed by atoms with Crippen molar-refractivity contribution in [3.8, 4) is 5.75 Å². The van der Waals surface area contributed by atoms with Crippen molar-refractivity contribution >= 4 is 17.7 Å². The summed E-state index contributed by atoms with van der Waals surface area (Å²) in [5.74, 6) is 2.03. The number of hydrogen-bond acceptors (Lipinski definition) is 1. The second kappa shape index (κ2) is 6.52. The summed E-state index contributed by atoms with van der Waals surface area (Å²) in [6.45, 7) is 5.03. The fourth-order valence-corrected chi connectivity index (χ4v) is 1.21. The van der Waals surface area contributed by atoms with Crippen LogP contribution in [-0.2, 0) is 0 Å². The second-order valence-corrected chi connectivity index (χ2v) is 4.14. The average molecular weight is 225 g/mol. The van der Waals surface area contributed by atoms with Crippen LogP contribution in [0.25, 0.3) is 6.08 Å². The highest BCUT2D eigenvalue weighted by Crippen LogP contribution is 2.14. The average Bonchev–Trinajstić information content (AvgIpc) is 2.25. The summed E-state index contributed by atoms with van der Waals surface area (Å²) in [7, 11) is 0. The van der Waals surface area contributed by atoms with E-state index in [2.05, 4.69) is 13.8 Å². The van der Waals surface area contributed by atoms with E-state index in [1.54, 1.807) is 0 Å². The van der Waals surface area contributed by atoms with Gasteiger partial charge in [-0.15, -0.1) is 11.6 Å². The molecule has 82 valence electrons. The predicted molar refractivity (Wildman–Crippen MR) is 66.5 cm³/mol. The Morgan fingerprint density at radius 1 is 1.27 bits per heavy atom. The lowest BCUT2D eigenvalue weighted by Crippen LogP contribution is -2.04. The third-order valence-corrected chi connectivity index (χ3v) is 2.04. The smallest absolute Gasteiger partial charge is 0.119 e. The summed E-state index contributed by atoms with van der Waals surface area (Å²) in [5, 5.41) is 0. The number of benzene rings is 1. The molecule has 2 heteroatoms. The van der Waals surface area contributed by atoms with Gasteiger partial charge in [0.15, 0.2) is 0 Å². The van der Waals surface area contributed by atoms with Crippen molar-refractivity contribution in [2.75, 3.05) is 12.5 Å². The Morgan fingerprint density at radius 2 is 1.93 bits per heavy atom. The van der Waals surface area contributed by atoms with Crippen molar-refractivity contribution in [3.05, 3.63) is 35.9 Å². The van der Waals surface area contributed by atoms with Crippen molar-refractivity contribution in [2.24, 2.45) is 5.92 Å². The van der Waals surface area contributed by atoms with E-state index in [1.807, 2.05) is 36.4 Å². The topological polar surface area (TPSA) is 9.23 Å². The molecule has 0 spiro atoms. The van der Waals surface area contributed by atoms with E-state index < -0.39 is 0 Å².